The summed E-state index contributed by atoms with van der Waals surface area (Å²) >= 11 is 12.9. The third kappa shape index (κ3) is 6.43. The molecular weight excluding hydrogens is 489 g/mol. The largest absolute Gasteiger partial charge is 0.493 e. The van der Waals surface area contributed by atoms with E-state index in [1.54, 1.807) is 56.3 Å². The van der Waals surface area contributed by atoms with Crippen molar-refractivity contribution in [2.24, 2.45) is 0 Å². The zero-order valence-corrected chi connectivity index (χ0v) is 20.4. The van der Waals surface area contributed by atoms with E-state index >= 15 is 0 Å². The van der Waals surface area contributed by atoms with Crippen LogP contribution in [0.25, 0.3) is 6.08 Å². The fraction of sp³-hybridized carbons (Fsp3) is 0.261. The lowest BCUT2D eigenvalue weighted by atomic mass is 10.1. The van der Waals surface area contributed by atoms with Crippen LogP contribution in [0.2, 0.25) is 10.0 Å². The lowest BCUT2D eigenvalue weighted by molar-refractivity contribution is -0.149. The third-order valence-corrected chi connectivity index (χ3v) is 5.91. The van der Waals surface area contributed by atoms with Crippen molar-refractivity contribution in [2.75, 3.05) is 13.7 Å². The van der Waals surface area contributed by atoms with Crippen molar-refractivity contribution < 1.29 is 28.6 Å². The number of imide groups is 1. The number of amides is 2. The zero-order chi connectivity index (χ0) is 24.1. The number of hydrogen-bond acceptors (Lipinski definition) is 7. The molecule has 1 saturated heterocycles. The van der Waals surface area contributed by atoms with Crippen LogP contribution in [0.4, 0.5) is 4.79 Å². The van der Waals surface area contributed by atoms with Gasteiger partial charge in [-0.2, -0.15) is 0 Å². The lowest BCUT2D eigenvalue weighted by Gasteiger charge is -2.13. The van der Waals surface area contributed by atoms with Crippen LogP contribution in [0.1, 0.15) is 25.0 Å². The second-order valence-corrected chi connectivity index (χ2v) is 9.08. The molecule has 0 bridgehead atoms. The molecule has 174 valence electrons. The molecule has 0 saturated carbocycles. The van der Waals surface area contributed by atoms with E-state index in [4.69, 9.17) is 37.4 Å². The number of nitrogens with zero attached hydrogens (tertiary/aromatic N) is 1. The van der Waals surface area contributed by atoms with Crippen molar-refractivity contribution in [1.29, 1.82) is 0 Å². The molecular formula is C23H21Cl2NO6S. The van der Waals surface area contributed by atoms with Gasteiger partial charge in [0.25, 0.3) is 11.1 Å². The minimum atomic E-state index is -0.641. The summed E-state index contributed by atoms with van der Waals surface area (Å²) in [5, 5.41) is 0.497. The van der Waals surface area contributed by atoms with Crippen LogP contribution in [-0.2, 0) is 20.9 Å². The standard InChI is InChI=1S/C23H21Cl2NO6S/c1-13(2)32-21(27)11-26-22(28)20(33-23(26)29)9-14-4-7-18(19(8-14)30-3)31-12-15-5-6-16(24)10-17(15)25/h4-10,13H,11-12H2,1-3H3/b20-9+. The summed E-state index contributed by atoms with van der Waals surface area (Å²) < 4.78 is 16.3. The van der Waals surface area contributed by atoms with Crippen molar-refractivity contribution in [3.05, 3.63) is 62.5 Å². The summed E-state index contributed by atoms with van der Waals surface area (Å²) in [7, 11) is 1.50. The average molecular weight is 510 g/mol. The number of ether oxygens (including phenoxy) is 3. The van der Waals surface area contributed by atoms with Gasteiger partial charge >= 0.3 is 5.97 Å². The molecule has 0 atom stereocenters. The fourth-order valence-electron chi connectivity index (χ4n) is 2.90. The van der Waals surface area contributed by atoms with Crippen LogP contribution in [0.5, 0.6) is 11.5 Å². The minimum absolute atomic E-state index is 0.195. The molecule has 0 aliphatic carbocycles. The number of rotatable bonds is 8. The number of hydrogen-bond donors (Lipinski definition) is 0. The fourth-order valence-corrected chi connectivity index (χ4v) is 4.21. The summed E-state index contributed by atoms with van der Waals surface area (Å²) in [6.45, 7) is 3.16. The first kappa shape index (κ1) is 25.0. The van der Waals surface area contributed by atoms with Gasteiger partial charge in [-0.05, 0) is 61.5 Å². The van der Waals surface area contributed by atoms with Gasteiger partial charge in [-0.25, -0.2) is 0 Å². The Morgan fingerprint density at radius 2 is 1.88 bits per heavy atom. The van der Waals surface area contributed by atoms with Crippen LogP contribution < -0.4 is 9.47 Å². The Hall–Kier alpha value is -2.68. The average Bonchev–Trinajstić information content (AvgIpc) is 3.00. The number of carbonyl (C=O) groups excluding carboxylic acids is 3. The molecule has 0 radical (unpaired) electrons. The molecule has 1 heterocycles. The smallest absolute Gasteiger partial charge is 0.326 e. The first-order chi connectivity index (χ1) is 15.7. The quantitative estimate of drug-likeness (QED) is 0.339. The monoisotopic (exact) mass is 509 g/mol. The zero-order valence-electron chi connectivity index (χ0n) is 18.1. The molecule has 3 rings (SSSR count). The predicted octanol–water partition coefficient (Wildman–Crippen LogP) is 5.57. The number of halogens is 2. The van der Waals surface area contributed by atoms with Crippen molar-refractivity contribution in [1.82, 2.24) is 4.90 Å². The highest BCUT2D eigenvalue weighted by Crippen LogP contribution is 2.35. The molecule has 0 spiro atoms. The second-order valence-electron chi connectivity index (χ2n) is 7.24. The van der Waals surface area contributed by atoms with Crippen molar-refractivity contribution in [3.63, 3.8) is 0 Å². The number of benzene rings is 2. The van der Waals surface area contributed by atoms with Crippen LogP contribution in [0.15, 0.2) is 41.3 Å². The summed E-state index contributed by atoms with van der Waals surface area (Å²) in [4.78, 5) is 37.7. The summed E-state index contributed by atoms with van der Waals surface area (Å²) in [5.41, 5.74) is 1.39. The minimum Gasteiger partial charge on any atom is -0.493 e. The van der Waals surface area contributed by atoms with E-state index in [2.05, 4.69) is 0 Å². The van der Waals surface area contributed by atoms with E-state index < -0.39 is 23.7 Å². The maximum atomic E-state index is 12.6. The van der Waals surface area contributed by atoms with Gasteiger partial charge in [0.05, 0.1) is 18.1 Å². The molecule has 2 amide bonds. The Morgan fingerprint density at radius 1 is 1.12 bits per heavy atom. The maximum absolute atomic E-state index is 12.6. The van der Waals surface area contributed by atoms with Gasteiger partial charge < -0.3 is 14.2 Å². The van der Waals surface area contributed by atoms with Gasteiger partial charge in [0.2, 0.25) is 0 Å². The van der Waals surface area contributed by atoms with Gasteiger partial charge in [0, 0.05) is 15.6 Å². The highest BCUT2D eigenvalue weighted by molar-refractivity contribution is 8.18. The molecule has 2 aromatic rings. The molecule has 0 aromatic heterocycles. The predicted molar refractivity (Wildman–Crippen MR) is 128 cm³/mol. The normalized spacial score (nSPS) is 14.8. The summed E-state index contributed by atoms with van der Waals surface area (Å²) in [6, 6.07) is 10.2. The molecule has 0 unspecified atom stereocenters. The molecule has 33 heavy (non-hydrogen) atoms. The second kappa shape index (κ2) is 11.0. The molecule has 1 aliphatic heterocycles. The highest BCUT2D eigenvalue weighted by atomic mass is 35.5. The number of thioether (sulfide) groups is 1. The molecule has 7 nitrogen and oxygen atoms in total. The van der Waals surface area contributed by atoms with Gasteiger partial charge in [-0.3, -0.25) is 19.3 Å². The lowest BCUT2D eigenvalue weighted by Crippen LogP contribution is -2.35. The van der Waals surface area contributed by atoms with Gasteiger partial charge in [-0.15, -0.1) is 0 Å². The number of methoxy groups -OCH3 is 1. The van der Waals surface area contributed by atoms with Crippen molar-refractivity contribution in [2.45, 2.75) is 26.6 Å². The van der Waals surface area contributed by atoms with E-state index in [-0.39, 0.29) is 17.6 Å². The number of carbonyl (C=O) groups is 3. The molecule has 1 aliphatic rings. The van der Waals surface area contributed by atoms with Crippen LogP contribution >= 0.6 is 35.0 Å². The third-order valence-electron chi connectivity index (χ3n) is 4.41. The van der Waals surface area contributed by atoms with E-state index in [9.17, 15) is 14.4 Å². The van der Waals surface area contributed by atoms with Gasteiger partial charge in [0.1, 0.15) is 13.2 Å². The Kier molecular flexibility index (Phi) is 8.29. The van der Waals surface area contributed by atoms with Crippen molar-refractivity contribution >= 4 is 58.2 Å². The van der Waals surface area contributed by atoms with Gasteiger partial charge in [0.15, 0.2) is 11.5 Å². The van der Waals surface area contributed by atoms with Gasteiger partial charge in [-0.1, -0.05) is 35.3 Å². The first-order valence-electron chi connectivity index (χ1n) is 9.87. The van der Waals surface area contributed by atoms with E-state index in [0.717, 1.165) is 22.2 Å². The Balaban J connectivity index is 1.73. The molecule has 2 aromatic carbocycles. The Labute approximate surface area is 205 Å². The van der Waals surface area contributed by atoms with Crippen LogP contribution in [0, 0.1) is 0 Å². The van der Waals surface area contributed by atoms with E-state index in [0.29, 0.717) is 27.1 Å². The van der Waals surface area contributed by atoms with E-state index in [1.165, 1.54) is 7.11 Å². The highest BCUT2D eigenvalue weighted by Gasteiger charge is 2.36. The SMILES string of the molecule is COc1cc(/C=C2/SC(=O)N(CC(=O)OC(C)C)C2=O)ccc1OCc1ccc(Cl)cc1Cl. The molecule has 0 N–H and O–H groups in total. The Bertz CT molecular complexity index is 1120. The number of esters is 1. The summed E-state index contributed by atoms with van der Waals surface area (Å²) in [5.74, 6) is -0.279. The maximum Gasteiger partial charge on any atom is 0.326 e. The summed E-state index contributed by atoms with van der Waals surface area (Å²) in [6.07, 6.45) is 1.22. The van der Waals surface area contributed by atoms with Crippen LogP contribution in [-0.4, -0.2) is 41.8 Å². The van der Waals surface area contributed by atoms with E-state index in [1.807, 2.05) is 0 Å². The molecule has 10 heteroatoms. The molecule has 1 fully saturated rings. The van der Waals surface area contributed by atoms with Crippen molar-refractivity contribution in [3.8, 4) is 11.5 Å². The van der Waals surface area contributed by atoms with Crippen LogP contribution in [0.3, 0.4) is 0 Å². The Morgan fingerprint density at radius 3 is 2.55 bits per heavy atom. The topological polar surface area (TPSA) is 82.1 Å². The first-order valence-corrected chi connectivity index (χ1v) is 11.4.